The summed E-state index contributed by atoms with van der Waals surface area (Å²) >= 11 is 7.60. The summed E-state index contributed by atoms with van der Waals surface area (Å²) < 4.78 is 6.78. The maximum atomic E-state index is 13.0. The van der Waals surface area contributed by atoms with E-state index in [1.807, 2.05) is 36.4 Å². The molecule has 0 saturated heterocycles. The molecule has 9 heteroatoms. The largest absolute Gasteiger partial charge is 0.492 e. The molecule has 1 heterocycles. The number of para-hydroxylation sites is 1. The lowest BCUT2D eigenvalue weighted by Gasteiger charge is -2.29. The Kier molecular flexibility index (Phi) is 8.36. The zero-order valence-corrected chi connectivity index (χ0v) is 19.5. The minimum Gasteiger partial charge on any atom is -0.492 e. The number of halogens is 1. The summed E-state index contributed by atoms with van der Waals surface area (Å²) in [6.45, 7) is 1.09. The number of amides is 2. The molecule has 6 N–H and O–H groups in total. The number of carbonyl (C=O) groups excluding carboxylic acids is 2. The summed E-state index contributed by atoms with van der Waals surface area (Å²) in [5.41, 5.74) is 13.7. The average molecular weight is 507 g/mol. The van der Waals surface area contributed by atoms with Crippen LogP contribution in [0.3, 0.4) is 0 Å². The van der Waals surface area contributed by atoms with Gasteiger partial charge in [-0.2, -0.15) is 12.6 Å². The topological polar surface area (TPSA) is 119 Å². The first-order chi connectivity index (χ1) is 14.9. The van der Waals surface area contributed by atoms with E-state index in [4.69, 9.17) is 16.2 Å². The second-order valence-corrected chi connectivity index (χ2v) is 8.80. The van der Waals surface area contributed by atoms with E-state index >= 15 is 0 Å². The van der Waals surface area contributed by atoms with Gasteiger partial charge in [0.25, 0.3) is 5.91 Å². The summed E-state index contributed by atoms with van der Waals surface area (Å²) in [5, 5.41) is 6.19. The highest BCUT2D eigenvalue weighted by Gasteiger charge is 2.28. The van der Waals surface area contributed by atoms with Gasteiger partial charge in [0.05, 0.1) is 12.2 Å². The van der Waals surface area contributed by atoms with Crippen LogP contribution >= 0.6 is 28.6 Å². The number of carbonyl (C=O) groups is 2. The van der Waals surface area contributed by atoms with Crippen molar-refractivity contribution in [3.8, 4) is 5.75 Å². The average Bonchev–Trinajstić information content (AvgIpc) is 2.77. The summed E-state index contributed by atoms with van der Waals surface area (Å²) in [6, 6.07) is 12.1. The molecule has 0 saturated carbocycles. The molecule has 0 fully saturated rings. The van der Waals surface area contributed by atoms with Gasteiger partial charge in [-0.25, -0.2) is 0 Å². The standard InChI is InChI=1S/C22H27BrN4O3S/c23-14-6-4-13(5-7-14)10-19(21(25)28)27-22(29)17-3-1-2-16-18(8-9-30-20(16)17)26-11-15(24)12-31/h1-7,15,18-19,26,31H,8-12,24H2,(H2,25,28)(H,27,29)/t15-,18?,19+/m1/s1. The van der Waals surface area contributed by atoms with Crippen LogP contribution < -0.4 is 26.8 Å². The SMILES string of the molecule is NC(=O)[C@H](Cc1ccc(Br)cc1)NC(=O)c1cccc2c1OCCC2NC[C@@H](N)CS. The Morgan fingerprint density at radius 2 is 1.97 bits per heavy atom. The second kappa shape index (κ2) is 11.0. The molecule has 31 heavy (non-hydrogen) atoms. The van der Waals surface area contributed by atoms with E-state index in [2.05, 4.69) is 39.2 Å². The zero-order chi connectivity index (χ0) is 22.4. The van der Waals surface area contributed by atoms with Crippen LogP contribution in [0.5, 0.6) is 5.75 Å². The number of fused-ring (bicyclic) bond motifs is 1. The van der Waals surface area contributed by atoms with Crippen molar-refractivity contribution in [3.63, 3.8) is 0 Å². The molecule has 0 radical (unpaired) electrons. The number of ether oxygens (including phenoxy) is 1. The molecule has 3 rings (SSSR count). The van der Waals surface area contributed by atoms with Gasteiger partial charge in [-0.3, -0.25) is 9.59 Å². The molecule has 2 aromatic carbocycles. The first-order valence-corrected chi connectivity index (χ1v) is 11.5. The highest BCUT2D eigenvalue weighted by atomic mass is 79.9. The second-order valence-electron chi connectivity index (χ2n) is 7.52. The van der Waals surface area contributed by atoms with Gasteiger partial charge in [-0.15, -0.1) is 0 Å². The smallest absolute Gasteiger partial charge is 0.255 e. The third-order valence-corrected chi connectivity index (χ3v) is 6.18. The van der Waals surface area contributed by atoms with Crippen LogP contribution in [0.4, 0.5) is 0 Å². The molecular weight excluding hydrogens is 480 g/mol. The highest BCUT2D eigenvalue weighted by molar-refractivity contribution is 9.10. The molecule has 1 aliphatic heterocycles. The third kappa shape index (κ3) is 6.22. The van der Waals surface area contributed by atoms with E-state index < -0.39 is 17.9 Å². The number of nitrogens with one attached hydrogen (secondary N) is 2. The van der Waals surface area contributed by atoms with Gasteiger partial charge in [0, 0.05) is 47.3 Å². The molecular formula is C22H27BrN4O3S. The maximum absolute atomic E-state index is 13.0. The van der Waals surface area contributed by atoms with Crippen molar-refractivity contribution in [2.24, 2.45) is 11.5 Å². The van der Waals surface area contributed by atoms with Gasteiger partial charge in [0.2, 0.25) is 5.91 Å². The maximum Gasteiger partial charge on any atom is 0.255 e. The Bertz CT molecular complexity index is 925. The lowest BCUT2D eigenvalue weighted by Crippen LogP contribution is -2.46. The van der Waals surface area contributed by atoms with Crippen molar-refractivity contribution in [2.45, 2.75) is 31.0 Å². The Morgan fingerprint density at radius 1 is 1.23 bits per heavy atom. The van der Waals surface area contributed by atoms with E-state index in [0.29, 0.717) is 36.6 Å². The molecule has 1 unspecified atom stereocenters. The van der Waals surface area contributed by atoms with Gasteiger partial charge in [0.1, 0.15) is 11.8 Å². The number of primary amides is 1. The van der Waals surface area contributed by atoms with Crippen LogP contribution in [0.25, 0.3) is 0 Å². The fourth-order valence-corrected chi connectivity index (χ4v) is 3.88. The van der Waals surface area contributed by atoms with Crippen LogP contribution in [-0.2, 0) is 11.2 Å². The van der Waals surface area contributed by atoms with Crippen LogP contribution in [0.1, 0.15) is 33.9 Å². The number of thiol groups is 1. The predicted octanol–water partition coefficient (Wildman–Crippen LogP) is 1.95. The highest BCUT2D eigenvalue weighted by Crippen LogP contribution is 2.35. The molecule has 166 valence electrons. The zero-order valence-electron chi connectivity index (χ0n) is 17.0. The number of benzene rings is 2. The Labute approximate surface area is 195 Å². The third-order valence-electron chi connectivity index (χ3n) is 5.18. The van der Waals surface area contributed by atoms with E-state index in [9.17, 15) is 9.59 Å². The molecule has 0 aromatic heterocycles. The van der Waals surface area contributed by atoms with Gasteiger partial charge in [0.15, 0.2) is 0 Å². The molecule has 1 aliphatic rings. The van der Waals surface area contributed by atoms with E-state index in [1.165, 1.54) is 0 Å². The van der Waals surface area contributed by atoms with Crippen LogP contribution in [0.15, 0.2) is 46.9 Å². The predicted molar refractivity (Wildman–Crippen MR) is 127 cm³/mol. The number of hydrogen-bond acceptors (Lipinski definition) is 6. The summed E-state index contributed by atoms with van der Waals surface area (Å²) in [7, 11) is 0. The normalized spacial score (nSPS) is 17.2. The van der Waals surface area contributed by atoms with Crippen LogP contribution in [0.2, 0.25) is 0 Å². The number of hydrogen-bond donors (Lipinski definition) is 5. The lowest BCUT2D eigenvalue weighted by atomic mass is 9.96. The first kappa shape index (κ1) is 23.6. The lowest BCUT2D eigenvalue weighted by molar-refractivity contribution is -0.119. The van der Waals surface area contributed by atoms with Gasteiger partial charge in [-0.05, 0) is 23.8 Å². The van der Waals surface area contributed by atoms with Crippen LogP contribution in [-0.4, -0.2) is 42.8 Å². The fourth-order valence-electron chi connectivity index (χ4n) is 3.49. The summed E-state index contributed by atoms with van der Waals surface area (Å²) in [4.78, 5) is 25.0. The quantitative estimate of drug-likeness (QED) is 0.333. The molecule has 3 atom stereocenters. The number of rotatable bonds is 9. The summed E-state index contributed by atoms with van der Waals surface area (Å²) in [6.07, 6.45) is 1.07. The molecule has 7 nitrogen and oxygen atoms in total. The van der Waals surface area contributed by atoms with Gasteiger partial charge in [-0.1, -0.05) is 40.2 Å². The number of nitrogens with two attached hydrogens (primary N) is 2. The van der Waals surface area contributed by atoms with Crippen molar-refractivity contribution in [2.75, 3.05) is 18.9 Å². The molecule has 0 bridgehead atoms. The minimum absolute atomic E-state index is 0.0251. The van der Waals surface area contributed by atoms with Crippen molar-refractivity contribution in [1.82, 2.24) is 10.6 Å². The minimum atomic E-state index is -0.838. The van der Waals surface area contributed by atoms with E-state index in [1.54, 1.807) is 6.07 Å². The van der Waals surface area contributed by atoms with E-state index in [-0.39, 0.29) is 12.1 Å². The Hall–Kier alpha value is -2.07. The summed E-state index contributed by atoms with van der Waals surface area (Å²) in [5.74, 6) is 0.112. The molecule has 2 amide bonds. The van der Waals surface area contributed by atoms with Gasteiger partial charge >= 0.3 is 0 Å². The fraction of sp³-hybridized carbons (Fsp3) is 0.364. The van der Waals surface area contributed by atoms with Crippen molar-refractivity contribution < 1.29 is 14.3 Å². The van der Waals surface area contributed by atoms with Crippen molar-refractivity contribution in [3.05, 3.63) is 63.6 Å². The first-order valence-electron chi connectivity index (χ1n) is 10.1. The monoisotopic (exact) mass is 506 g/mol. The van der Waals surface area contributed by atoms with Crippen molar-refractivity contribution >= 4 is 40.4 Å². The van der Waals surface area contributed by atoms with Gasteiger partial charge < -0.3 is 26.8 Å². The molecule has 2 aromatic rings. The van der Waals surface area contributed by atoms with Crippen LogP contribution in [0, 0.1) is 0 Å². The molecule has 0 spiro atoms. The van der Waals surface area contributed by atoms with Crippen molar-refractivity contribution in [1.29, 1.82) is 0 Å². The van der Waals surface area contributed by atoms with E-state index in [0.717, 1.165) is 22.0 Å². The molecule has 0 aliphatic carbocycles. The Morgan fingerprint density at radius 3 is 2.65 bits per heavy atom. The Balaban J connectivity index is 1.76.